The van der Waals surface area contributed by atoms with Crippen LogP contribution in [0.2, 0.25) is 0 Å². The van der Waals surface area contributed by atoms with E-state index in [1.165, 1.54) is 283 Å². The zero-order chi connectivity index (χ0) is 48.6. The summed E-state index contributed by atoms with van der Waals surface area (Å²) in [6, 6.07) is -0.539. The molecule has 3 N–H and O–H groups in total. The van der Waals surface area contributed by atoms with Gasteiger partial charge in [-0.15, -0.1) is 0 Å². The number of amides is 1. The van der Waals surface area contributed by atoms with Crippen LogP contribution >= 0.6 is 0 Å². The van der Waals surface area contributed by atoms with Gasteiger partial charge in [-0.1, -0.05) is 316 Å². The average molecular weight is 949 g/mol. The Morgan fingerprint density at radius 2 is 0.612 bits per heavy atom. The first kappa shape index (κ1) is 65.9. The Hall–Kier alpha value is -1.14. The quantitative estimate of drug-likeness (QED) is 0.0417. The Kier molecular flexibility index (Phi) is 56.5. The Balaban J connectivity index is 3.32. The van der Waals surface area contributed by atoms with E-state index in [-0.39, 0.29) is 18.5 Å². The van der Waals surface area contributed by atoms with Crippen molar-refractivity contribution < 1.29 is 24.5 Å². The topological polar surface area (TPSA) is 95.9 Å². The standard InChI is InChI=1S/C61H121NO5/c1-3-5-7-9-11-13-15-16-17-18-22-26-29-32-35-39-43-47-51-55-61(66)67-56-52-48-44-40-36-33-30-27-24-21-19-20-23-25-28-31-34-38-42-46-50-54-60(65)62-58(57-63)59(64)53-49-45-41-37-14-12-10-8-6-4-2/h58-59,63-64H,3-57H2,1-2H3,(H,62,65). The van der Waals surface area contributed by atoms with E-state index >= 15 is 0 Å². The first-order valence-electron chi connectivity index (χ1n) is 30.8. The van der Waals surface area contributed by atoms with E-state index in [0.29, 0.717) is 25.9 Å². The summed E-state index contributed by atoms with van der Waals surface area (Å²) in [5.74, 6) is -0.0179. The third-order valence-corrected chi connectivity index (χ3v) is 14.7. The molecular weight excluding hydrogens is 827 g/mol. The van der Waals surface area contributed by atoms with Gasteiger partial charge in [0.15, 0.2) is 0 Å². The van der Waals surface area contributed by atoms with Gasteiger partial charge in [0.1, 0.15) is 0 Å². The summed E-state index contributed by atoms with van der Waals surface area (Å²) in [7, 11) is 0. The average Bonchev–Trinajstić information content (AvgIpc) is 3.33. The largest absolute Gasteiger partial charge is 0.466 e. The number of hydrogen-bond donors (Lipinski definition) is 3. The number of carbonyl (C=O) groups is 2. The molecule has 0 heterocycles. The van der Waals surface area contributed by atoms with Gasteiger partial charge in [-0.25, -0.2) is 0 Å². The molecule has 0 aromatic carbocycles. The van der Waals surface area contributed by atoms with Crippen LogP contribution in [0.3, 0.4) is 0 Å². The Bertz CT molecular complexity index is 959. The fourth-order valence-electron chi connectivity index (χ4n) is 9.94. The van der Waals surface area contributed by atoms with Crippen molar-refractivity contribution in [3.05, 3.63) is 0 Å². The molecule has 2 unspecified atom stereocenters. The molecule has 0 bridgehead atoms. The van der Waals surface area contributed by atoms with Crippen LogP contribution in [0.1, 0.15) is 354 Å². The highest BCUT2D eigenvalue weighted by molar-refractivity contribution is 5.76. The molecule has 0 aromatic heterocycles. The zero-order valence-electron chi connectivity index (χ0n) is 45.7. The number of aliphatic hydroxyl groups excluding tert-OH is 2. The van der Waals surface area contributed by atoms with Gasteiger partial charge < -0.3 is 20.3 Å². The third-order valence-electron chi connectivity index (χ3n) is 14.7. The van der Waals surface area contributed by atoms with Crippen molar-refractivity contribution in [1.29, 1.82) is 0 Å². The van der Waals surface area contributed by atoms with E-state index in [4.69, 9.17) is 4.74 Å². The van der Waals surface area contributed by atoms with Gasteiger partial charge in [0.2, 0.25) is 5.91 Å². The summed E-state index contributed by atoms with van der Waals surface area (Å²) >= 11 is 0. The summed E-state index contributed by atoms with van der Waals surface area (Å²) in [5.41, 5.74) is 0. The maximum Gasteiger partial charge on any atom is 0.305 e. The molecule has 6 heteroatoms. The van der Waals surface area contributed by atoms with Crippen LogP contribution in [0.15, 0.2) is 0 Å². The molecule has 0 saturated carbocycles. The maximum absolute atomic E-state index is 12.4. The minimum Gasteiger partial charge on any atom is -0.466 e. The van der Waals surface area contributed by atoms with Crippen LogP contribution in [0.4, 0.5) is 0 Å². The fraction of sp³-hybridized carbons (Fsp3) is 0.967. The van der Waals surface area contributed by atoms with E-state index in [9.17, 15) is 19.8 Å². The lowest BCUT2D eigenvalue weighted by Gasteiger charge is -2.22. The van der Waals surface area contributed by atoms with Crippen molar-refractivity contribution in [2.24, 2.45) is 0 Å². The molecule has 0 aromatic rings. The van der Waals surface area contributed by atoms with Crippen LogP contribution in [0, 0.1) is 0 Å². The Morgan fingerprint density at radius 1 is 0.358 bits per heavy atom. The van der Waals surface area contributed by atoms with Crippen LogP contribution < -0.4 is 5.32 Å². The van der Waals surface area contributed by atoms with E-state index in [1.807, 2.05) is 0 Å². The van der Waals surface area contributed by atoms with Gasteiger partial charge in [0.25, 0.3) is 0 Å². The summed E-state index contributed by atoms with van der Waals surface area (Å²) in [4.78, 5) is 24.5. The minimum atomic E-state index is -0.662. The molecule has 0 aliphatic carbocycles. The summed E-state index contributed by atoms with van der Waals surface area (Å²) in [6.07, 6.45) is 66.9. The molecule has 0 saturated heterocycles. The van der Waals surface area contributed by atoms with Gasteiger partial charge in [0, 0.05) is 12.8 Å². The number of rotatable bonds is 58. The highest BCUT2D eigenvalue weighted by Gasteiger charge is 2.20. The van der Waals surface area contributed by atoms with E-state index in [2.05, 4.69) is 19.2 Å². The molecule has 0 aliphatic heterocycles. The zero-order valence-corrected chi connectivity index (χ0v) is 45.7. The summed E-state index contributed by atoms with van der Waals surface area (Å²) in [6.45, 7) is 4.97. The second kappa shape index (κ2) is 57.4. The van der Waals surface area contributed by atoms with E-state index in [0.717, 1.165) is 38.5 Å². The third kappa shape index (κ3) is 54.0. The van der Waals surface area contributed by atoms with Crippen molar-refractivity contribution >= 4 is 11.9 Å². The van der Waals surface area contributed by atoms with Crippen LogP contribution in [-0.4, -0.2) is 47.4 Å². The van der Waals surface area contributed by atoms with Crippen molar-refractivity contribution in [1.82, 2.24) is 5.32 Å². The second-order valence-electron chi connectivity index (χ2n) is 21.4. The number of nitrogens with one attached hydrogen (secondary N) is 1. The first-order valence-corrected chi connectivity index (χ1v) is 30.8. The van der Waals surface area contributed by atoms with Gasteiger partial charge in [0.05, 0.1) is 25.4 Å². The molecule has 0 aliphatic rings. The normalized spacial score (nSPS) is 12.5. The molecule has 1 amide bonds. The molecule has 2 atom stereocenters. The van der Waals surface area contributed by atoms with Crippen molar-refractivity contribution in [3.63, 3.8) is 0 Å². The lowest BCUT2D eigenvalue weighted by molar-refractivity contribution is -0.143. The smallest absolute Gasteiger partial charge is 0.305 e. The predicted molar refractivity (Wildman–Crippen MR) is 292 cm³/mol. The molecule has 0 rings (SSSR count). The SMILES string of the molecule is CCCCCCCCCCCCCCCCCCCCCC(=O)OCCCCCCCCCCCCCCCCCCCCCCCC(=O)NC(CO)C(O)CCCCCCCCCCCC. The van der Waals surface area contributed by atoms with Crippen LogP contribution in [0.25, 0.3) is 0 Å². The molecule has 67 heavy (non-hydrogen) atoms. The lowest BCUT2D eigenvalue weighted by atomic mass is 10.0. The molecular formula is C61H121NO5. The summed E-state index contributed by atoms with van der Waals surface area (Å²) in [5, 5.41) is 23.2. The maximum atomic E-state index is 12.4. The number of ether oxygens (including phenoxy) is 1. The van der Waals surface area contributed by atoms with Crippen LogP contribution in [-0.2, 0) is 14.3 Å². The van der Waals surface area contributed by atoms with Gasteiger partial charge in [-0.05, 0) is 25.7 Å². The Labute approximate surface area is 419 Å². The molecule has 6 nitrogen and oxygen atoms in total. The molecule has 0 spiro atoms. The highest BCUT2D eigenvalue weighted by atomic mass is 16.5. The second-order valence-corrected chi connectivity index (χ2v) is 21.4. The highest BCUT2D eigenvalue weighted by Crippen LogP contribution is 2.18. The minimum absolute atomic E-state index is 0.0176. The molecule has 400 valence electrons. The molecule has 0 radical (unpaired) electrons. The van der Waals surface area contributed by atoms with Crippen molar-refractivity contribution in [2.45, 2.75) is 366 Å². The monoisotopic (exact) mass is 948 g/mol. The van der Waals surface area contributed by atoms with Crippen LogP contribution in [0.5, 0.6) is 0 Å². The van der Waals surface area contributed by atoms with E-state index in [1.54, 1.807) is 0 Å². The Morgan fingerprint density at radius 3 is 0.910 bits per heavy atom. The number of hydrogen-bond acceptors (Lipinski definition) is 5. The van der Waals surface area contributed by atoms with Gasteiger partial charge in [-0.3, -0.25) is 9.59 Å². The van der Waals surface area contributed by atoms with Crippen molar-refractivity contribution in [2.75, 3.05) is 13.2 Å². The lowest BCUT2D eigenvalue weighted by Crippen LogP contribution is -2.45. The number of carbonyl (C=O) groups excluding carboxylic acids is 2. The van der Waals surface area contributed by atoms with Gasteiger partial charge >= 0.3 is 5.97 Å². The number of unbranched alkanes of at least 4 members (excludes halogenated alkanes) is 47. The van der Waals surface area contributed by atoms with Crippen molar-refractivity contribution in [3.8, 4) is 0 Å². The number of aliphatic hydroxyl groups is 2. The summed E-state index contributed by atoms with van der Waals surface area (Å²) < 4.78 is 5.50. The predicted octanol–water partition coefficient (Wildman–Crippen LogP) is 19.1. The van der Waals surface area contributed by atoms with E-state index < -0.39 is 12.1 Å². The fourth-order valence-corrected chi connectivity index (χ4v) is 9.94. The molecule has 0 fully saturated rings. The van der Waals surface area contributed by atoms with Gasteiger partial charge in [-0.2, -0.15) is 0 Å². The first-order chi connectivity index (χ1) is 33.0. The number of esters is 1.